The maximum atomic E-state index is 12.4. The smallest absolute Gasteiger partial charge is 0.251 e. The summed E-state index contributed by atoms with van der Waals surface area (Å²) in [4.78, 5) is 12.2. The van der Waals surface area contributed by atoms with Crippen LogP contribution in [0.1, 0.15) is 31.1 Å². The molecule has 21 heavy (non-hydrogen) atoms. The standard InChI is InChI=1S/C14H23N3O3S/c1-4-17(5-2)21(19,20)13-8-6-7-12(9-13)14(18)16-11(3)10-15/h6-9,11H,4-5,10,15H2,1-3H3,(H,16,18)/t11-/m0/s1. The second kappa shape index (κ2) is 7.53. The van der Waals surface area contributed by atoms with Crippen molar-refractivity contribution in [3.05, 3.63) is 29.8 Å². The predicted octanol–water partition coefficient (Wildman–Crippen LogP) is 0.794. The monoisotopic (exact) mass is 313 g/mol. The molecule has 0 aromatic heterocycles. The molecule has 1 aromatic carbocycles. The van der Waals surface area contributed by atoms with E-state index in [1.165, 1.54) is 16.4 Å². The minimum absolute atomic E-state index is 0.124. The Morgan fingerprint density at radius 1 is 1.33 bits per heavy atom. The molecule has 0 unspecified atom stereocenters. The van der Waals surface area contributed by atoms with Crippen LogP contribution in [-0.4, -0.2) is 44.3 Å². The fraction of sp³-hybridized carbons (Fsp3) is 0.500. The van der Waals surface area contributed by atoms with Crippen LogP contribution < -0.4 is 11.1 Å². The van der Waals surface area contributed by atoms with Crippen molar-refractivity contribution >= 4 is 15.9 Å². The molecule has 1 amide bonds. The molecule has 1 atom stereocenters. The van der Waals surface area contributed by atoms with Crippen molar-refractivity contribution < 1.29 is 13.2 Å². The normalized spacial score (nSPS) is 13.2. The minimum Gasteiger partial charge on any atom is -0.348 e. The van der Waals surface area contributed by atoms with Gasteiger partial charge in [-0.15, -0.1) is 0 Å². The van der Waals surface area contributed by atoms with Crippen molar-refractivity contribution in [1.29, 1.82) is 0 Å². The van der Waals surface area contributed by atoms with Crippen LogP contribution in [0.2, 0.25) is 0 Å². The Morgan fingerprint density at radius 2 is 1.95 bits per heavy atom. The van der Waals surface area contributed by atoms with Gasteiger partial charge in [0.05, 0.1) is 4.90 Å². The number of carbonyl (C=O) groups excluding carboxylic acids is 1. The Labute approximate surface area is 126 Å². The molecule has 0 saturated carbocycles. The predicted molar refractivity (Wildman–Crippen MR) is 82.5 cm³/mol. The van der Waals surface area contributed by atoms with Crippen LogP contribution in [0.5, 0.6) is 0 Å². The lowest BCUT2D eigenvalue weighted by molar-refractivity contribution is 0.0941. The molecule has 118 valence electrons. The van der Waals surface area contributed by atoms with Crippen LogP contribution in [0.25, 0.3) is 0 Å². The molecule has 1 aromatic rings. The summed E-state index contributed by atoms with van der Waals surface area (Å²) in [7, 11) is -3.56. The van der Waals surface area contributed by atoms with E-state index in [1.54, 1.807) is 32.9 Å². The molecule has 0 heterocycles. The number of rotatable bonds is 7. The number of benzene rings is 1. The van der Waals surface area contributed by atoms with E-state index in [0.717, 1.165) is 0 Å². The first-order chi connectivity index (χ1) is 9.86. The second-order valence-electron chi connectivity index (χ2n) is 4.73. The zero-order chi connectivity index (χ0) is 16.0. The molecule has 0 aliphatic carbocycles. The van der Waals surface area contributed by atoms with E-state index >= 15 is 0 Å². The molecular formula is C14H23N3O3S. The highest BCUT2D eigenvalue weighted by molar-refractivity contribution is 7.89. The molecule has 6 nitrogen and oxygen atoms in total. The van der Waals surface area contributed by atoms with Crippen LogP contribution in [0.15, 0.2) is 29.2 Å². The summed E-state index contributed by atoms with van der Waals surface area (Å²) < 4.78 is 26.2. The molecule has 3 N–H and O–H groups in total. The summed E-state index contributed by atoms with van der Waals surface area (Å²) in [6, 6.07) is 5.88. The molecule has 1 rings (SSSR count). The zero-order valence-electron chi connectivity index (χ0n) is 12.7. The van der Waals surface area contributed by atoms with Gasteiger partial charge in [-0.05, 0) is 25.1 Å². The lowest BCUT2D eigenvalue weighted by atomic mass is 10.2. The van der Waals surface area contributed by atoms with Gasteiger partial charge in [-0.3, -0.25) is 4.79 Å². The number of sulfonamides is 1. The maximum Gasteiger partial charge on any atom is 0.251 e. The lowest BCUT2D eigenvalue weighted by Gasteiger charge is -2.19. The molecule has 0 radical (unpaired) electrons. The second-order valence-corrected chi connectivity index (χ2v) is 6.67. The number of nitrogens with two attached hydrogens (primary N) is 1. The maximum absolute atomic E-state index is 12.4. The topological polar surface area (TPSA) is 92.5 Å². The number of nitrogens with one attached hydrogen (secondary N) is 1. The van der Waals surface area contributed by atoms with Crippen molar-refractivity contribution in [2.75, 3.05) is 19.6 Å². The third-order valence-corrected chi connectivity index (χ3v) is 5.22. The number of hydrogen-bond donors (Lipinski definition) is 2. The fourth-order valence-electron chi connectivity index (χ4n) is 1.88. The molecule has 0 saturated heterocycles. The van der Waals surface area contributed by atoms with Crippen LogP contribution in [0.3, 0.4) is 0 Å². The van der Waals surface area contributed by atoms with Crippen LogP contribution in [-0.2, 0) is 10.0 Å². The van der Waals surface area contributed by atoms with Gasteiger partial charge in [0, 0.05) is 31.2 Å². The van der Waals surface area contributed by atoms with E-state index in [2.05, 4.69) is 5.32 Å². The molecule has 0 bridgehead atoms. The highest BCUT2D eigenvalue weighted by Gasteiger charge is 2.22. The summed E-state index contributed by atoms with van der Waals surface area (Å²) in [5.74, 6) is -0.329. The van der Waals surface area contributed by atoms with Gasteiger partial charge in [-0.25, -0.2) is 8.42 Å². The highest BCUT2D eigenvalue weighted by Crippen LogP contribution is 2.17. The number of amides is 1. The first-order valence-corrected chi connectivity index (χ1v) is 8.41. The third kappa shape index (κ3) is 4.26. The summed E-state index contributed by atoms with van der Waals surface area (Å²) in [6.07, 6.45) is 0. The molecule has 0 spiro atoms. The number of nitrogens with zero attached hydrogens (tertiary/aromatic N) is 1. The molecular weight excluding hydrogens is 290 g/mol. The SMILES string of the molecule is CCN(CC)S(=O)(=O)c1cccc(C(=O)N[C@@H](C)CN)c1. The average molecular weight is 313 g/mol. The Bertz CT molecular complexity index is 583. The minimum atomic E-state index is -3.56. The molecule has 0 fully saturated rings. The Kier molecular flexibility index (Phi) is 6.32. The molecule has 0 aliphatic heterocycles. The average Bonchev–Trinajstić information content (AvgIpc) is 2.48. The van der Waals surface area contributed by atoms with E-state index < -0.39 is 10.0 Å². The van der Waals surface area contributed by atoms with E-state index in [0.29, 0.717) is 25.2 Å². The quantitative estimate of drug-likeness (QED) is 0.778. The van der Waals surface area contributed by atoms with Gasteiger partial charge in [0.2, 0.25) is 10.0 Å². The van der Waals surface area contributed by atoms with Gasteiger partial charge in [0.15, 0.2) is 0 Å². The van der Waals surface area contributed by atoms with E-state index in [1.807, 2.05) is 0 Å². The Morgan fingerprint density at radius 3 is 2.48 bits per heavy atom. The Balaban J connectivity index is 3.08. The lowest BCUT2D eigenvalue weighted by Crippen LogP contribution is -2.38. The first-order valence-electron chi connectivity index (χ1n) is 6.97. The van der Waals surface area contributed by atoms with E-state index in [-0.39, 0.29) is 16.8 Å². The third-order valence-electron chi connectivity index (χ3n) is 3.17. The van der Waals surface area contributed by atoms with Gasteiger partial charge >= 0.3 is 0 Å². The summed E-state index contributed by atoms with van der Waals surface area (Å²) in [6.45, 7) is 6.44. The summed E-state index contributed by atoms with van der Waals surface area (Å²) in [5.41, 5.74) is 5.76. The Hall–Kier alpha value is -1.44. The van der Waals surface area contributed by atoms with Crippen LogP contribution in [0, 0.1) is 0 Å². The van der Waals surface area contributed by atoms with Gasteiger partial charge in [0.25, 0.3) is 5.91 Å². The van der Waals surface area contributed by atoms with Crippen molar-refractivity contribution in [1.82, 2.24) is 9.62 Å². The number of hydrogen-bond acceptors (Lipinski definition) is 4. The van der Waals surface area contributed by atoms with Crippen LogP contribution in [0.4, 0.5) is 0 Å². The van der Waals surface area contributed by atoms with E-state index in [4.69, 9.17) is 5.73 Å². The molecule has 0 aliphatic rings. The highest BCUT2D eigenvalue weighted by atomic mass is 32.2. The van der Waals surface area contributed by atoms with Gasteiger partial charge < -0.3 is 11.1 Å². The van der Waals surface area contributed by atoms with Crippen LogP contribution >= 0.6 is 0 Å². The van der Waals surface area contributed by atoms with Crippen molar-refractivity contribution in [2.24, 2.45) is 5.73 Å². The van der Waals surface area contributed by atoms with Gasteiger partial charge in [0.1, 0.15) is 0 Å². The van der Waals surface area contributed by atoms with Gasteiger partial charge in [-0.1, -0.05) is 19.9 Å². The van der Waals surface area contributed by atoms with Gasteiger partial charge in [-0.2, -0.15) is 4.31 Å². The first kappa shape index (κ1) is 17.6. The van der Waals surface area contributed by atoms with E-state index in [9.17, 15) is 13.2 Å². The zero-order valence-corrected chi connectivity index (χ0v) is 13.5. The summed E-state index contributed by atoms with van der Waals surface area (Å²) in [5, 5.41) is 2.71. The number of carbonyl (C=O) groups is 1. The largest absolute Gasteiger partial charge is 0.348 e. The van der Waals surface area contributed by atoms with Crippen molar-refractivity contribution in [2.45, 2.75) is 31.7 Å². The fourth-order valence-corrected chi connectivity index (χ4v) is 3.38. The van der Waals surface area contributed by atoms with Crippen molar-refractivity contribution in [3.63, 3.8) is 0 Å². The molecule has 7 heteroatoms. The van der Waals surface area contributed by atoms with Crippen molar-refractivity contribution in [3.8, 4) is 0 Å². The summed E-state index contributed by atoms with van der Waals surface area (Å²) >= 11 is 0.